The first-order valence-corrected chi connectivity index (χ1v) is 6.66. The van der Waals surface area contributed by atoms with Gasteiger partial charge in [-0.2, -0.15) is 0 Å². The largest absolute Gasteiger partial charge is 0.388 e. The quantitative estimate of drug-likeness (QED) is 0.848. The molecule has 1 aliphatic heterocycles. The van der Waals surface area contributed by atoms with Crippen LogP contribution < -0.4 is 5.32 Å². The van der Waals surface area contributed by atoms with E-state index in [0.29, 0.717) is 31.6 Å². The third-order valence-electron chi connectivity index (χ3n) is 3.53. The number of nitrogens with zero attached hydrogens (tertiary/aromatic N) is 1. The lowest BCUT2D eigenvalue weighted by molar-refractivity contribution is -0.0605. The number of aromatic nitrogens is 1. The summed E-state index contributed by atoms with van der Waals surface area (Å²) in [5.41, 5.74) is 0.708. The highest BCUT2D eigenvalue weighted by Gasteiger charge is 2.30. The Labute approximate surface area is 113 Å². The number of ether oxygens (including phenoxy) is 1. The SMILES string of the molecule is CCc1cnccc1C(=O)NCC1(O)CCOCC1. The molecule has 1 amide bonds. The van der Waals surface area contributed by atoms with E-state index in [9.17, 15) is 9.90 Å². The Morgan fingerprint density at radius 1 is 1.53 bits per heavy atom. The number of aryl methyl sites for hydroxylation is 1. The Hall–Kier alpha value is -1.46. The molecule has 0 spiro atoms. The molecular weight excluding hydrogens is 244 g/mol. The van der Waals surface area contributed by atoms with Crippen LogP contribution in [0.4, 0.5) is 0 Å². The Kier molecular flexibility index (Phi) is 4.50. The second-order valence-electron chi connectivity index (χ2n) is 4.91. The normalized spacial score (nSPS) is 18.0. The summed E-state index contributed by atoms with van der Waals surface area (Å²) in [6.45, 7) is 3.34. The predicted molar refractivity (Wildman–Crippen MR) is 71.0 cm³/mol. The molecule has 1 aromatic heterocycles. The maximum Gasteiger partial charge on any atom is 0.251 e. The average molecular weight is 264 g/mol. The van der Waals surface area contributed by atoms with Crippen molar-refractivity contribution in [2.24, 2.45) is 0 Å². The molecule has 104 valence electrons. The molecule has 0 unspecified atom stereocenters. The third-order valence-corrected chi connectivity index (χ3v) is 3.53. The van der Waals surface area contributed by atoms with E-state index in [2.05, 4.69) is 10.3 Å². The fourth-order valence-corrected chi connectivity index (χ4v) is 2.20. The summed E-state index contributed by atoms with van der Waals surface area (Å²) in [5.74, 6) is -0.154. The topological polar surface area (TPSA) is 71.5 Å². The Bertz CT molecular complexity index is 442. The Morgan fingerprint density at radius 3 is 2.95 bits per heavy atom. The second-order valence-corrected chi connectivity index (χ2v) is 4.91. The molecule has 0 aliphatic carbocycles. The lowest BCUT2D eigenvalue weighted by Gasteiger charge is -2.32. The van der Waals surface area contributed by atoms with Gasteiger partial charge < -0.3 is 15.2 Å². The van der Waals surface area contributed by atoms with Gasteiger partial charge in [-0.1, -0.05) is 6.92 Å². The van der Waals surface area contributed by atoms with Gasteiger partial charge in [0, 0.05) is 50.6 Å². The molecule has 0 saturated carbocycles. The molecule has 0 aromatic carbocycles. The van der Waals surface area contributed by atoms with Crippen molar-refractivity contribution in [1.29, 1.82) is 0 Å². The molecule has 0 radical (unpaired) electrons. The first-order valence-electron chi connectivity index (χ1n) is 6.66. The maximum absolute atomic E-state index is 12.1. The maximum atomic E-state index is 12.1. The van der Waals surface area contributed by atoms with E-state index in [1.807, 2.05) is 6.92 Å². The molecule has 2 rings (SSSR count). The van der Waals surface area contributed by atoms with E-state index in [4.69, 9.17) is 4.74 Å². The number of carbonyl (C=O) groups is 1. The molecule has 1 fully saturated rings. The van der Waals surface area contributed by atoms with Gasteiger partial charge in [0.05, 0.1) is 5.60 Å². The zero-order valence-electron chi connectivity index (χ0n) is 11.2. The molecule has 2 heterocycles. The number of nitrogens with one attached hydrogen (secondary N) is 1. The minimum atomic E-state index is -0.840. The number of amides is 1. The zero-order chi connectivity index (χ0) is 13.7. The molecule has 0 bridgehead atoms. The first-order chi connectivity index (χ1) is 9.14. The lowest BCUT2D eigenvalue weighted by Crippen LogP contribution is -2.46. The van der Waals surface area contributed by atoms with Crippen molar-refractivity contribution >= 4 is 5.91 Å². The number of hydrogen-bond acceptors (Lipinski definition) is 4. The number of aliphatic hydroxyl groups is 1. The molecular formula is C14H20N2O3. The van der Waals surface area contributed by atoms with E-state index < -0.39 is 5.60 Å². The van der Waals surface area contributed by atoms with Crippen LogP contribution in [-0.2, 0) is 11.2 Å². The van der Waals surface area contributed by atoms with Crippen LogP contribution in [0.5, 0.6) is 0 Å². The van der Waals surface area contributed by atoms with Gasteiger partial charge in [0.25, 0.3) is 5.91 Å². The fraction of sp³-hybridized carbons (Fsp3) is 0.571. The van der Waals surface area contributed by atoms with Crippen molar-refractivity contribution in [3.05, 3.63) is 29.6 Å². The van der Waals surface area contributed by atoms with E-state index in [1.165, 1.54) is 0 Å². The fourth-order valence-electron chi connectivity index (χ4n) is 2.20. The summed E-state index contributed by atoms with van der Waals surface area (Å²) in [7, 11) is 0. The smallest absolute Gasteiger partial charge is 0.251 e. The van der Waals surface area contributed by atoms with Crippen LogP contribution in [0.25, 0.3) is 0 Å². The molecule has 1 aromatic rings. The minimum absolute atomic E-state index is 0.154. The van der Waals surface area contributed by atoms with E-state index in [0.717, 1.165) is 12.0 Å². The van der Waals surface area contributed by atoms with Crippen LogP contribution in [0.3, 0.4) is 0 Å². The highest BCUT2D eigenvalue weighted by atomic mass is 16.5. The molecule has 1 aliphatic rings. The Morgan fingerprint density at radius 2 is 2.26 bits per heavy atom. The highest BCUT2D eigenvalue weighted by molar-refractivity contribution is 5.95. The molecule has 5 heteroatoms. The van der Waals surface area contributed by atoms with Gasteiger partial charge in [0.1, 0.15) is 0 Å². The van der Waals surface area contributed by atoms with Crippen LogP contribution in [0.15, 0.2) is 18.5 Å². The summed E-state index contributed by atoms with van der Waals surface area (Å²) >= 11 is 0. The van der Waals surface area contributed by atoms with Gasteiger partial charge >= 0.3 is 0 Å². The molecule has 2 N–H and O–H groups in total. The van der Waals surface area contributed by atoms with Crippen molar-refractivity contribution in [2.45, 2.75) is 31.8 Å². The average Bonchev–Trinajstić information content (AvgIpc) is 2.45. The van der Waals surface area contributed by atoms with Crippen molar-refractivity contribution < 1.29 is 14.6 Å². The number of hydrogen-bond donors (Lipinski definition) is 2. The van der Waals surface area contributed by atoms with Gasteiger partial charge in [-0.15, -0.1) is 0 Å². The number of carbonyl (C=O) groups excluding carboxylic acids is 1. The Balaban J connectivity index is 1.97. The number of rotatable bonds is 4. The van der Waals surface area contributed by atoms with E-state index >= 15 is 0 Å². The summed E-state index contributed by atoms with van der Waals surface area (Å²) in [6.07, 6.45) is 5.19. The molecule has 0 atom stereocenters. The first kappa shape index (κ1) is 14.0. The third kappa shape index (κ3) is 3.52. The molecule has 5 nitrogen and oxygen atoms in total. The predicted octanol–water partition coefficient (Wildman–Crippen LogP) is 0.915. The van der Waals surface area contributed by atoms with Crippen LogP contribution >= 0.6 is 0 Å². The zero-order valence-corrected chi connectivity index (χ0v) is 11.2. The van der Waals surface area contributed by atoms with Crippen molar-refractivity contribution in [3.8, 4) is 0 Å². The minimum Gasteiger partial charge on any atom is -0.388 e. The van der Waals surface area contributed by atoms with Gasteiger partial charge in [-0.3, -0.25) is 9.78 Å². The lowest BCUT2D eigenvalue weighted by atomic mass is 9.94. The summed E-state index contributed by atoms with van der Waals surface area (Å²) in [5, 5.41) is 13.1. The van der Waals surface area contributed by atoms with Gasteiger partial charge in [-0.05, 0) is 18.1 Å². The van der Waals surface area contributed by atoms with Crippen LogP contribution in [0, 0.1) is 0 Å². The van der Waals surface area contributed by atoms with Crippen LogP contribution in [-0.4, -0.2) is 41.4 Å². The van der Waals surface area contributed by atoms with Gasteiger partial charge in [-0.25, -0.2) is 0 Å². The monoisotopic (exact) mass is 264 g/mol. The molecule has 1 saturated heterocycles. The van der Waals surface area contributed by atoms with E-state index in [-0.39, 0.29) is 12.5 Å². The van der Waals surface area contributed by atoms with E-state index in [1.54, 1.807) is 18.5 Å². The standard InChI is InChI=1S/C14H20N2O3/c1-2-11-9-15-6-3-12(11)13(17)16-10-14(18)4-7-19-8-5-14/h3,6,9,18H,2,4-5,7-8,10H2,1H3,(H,16,17). The van der Waals surface area contributed by atoms with Gasteiger partial charge in [0.15, 0.2) is 0 Å². The summed E-state index contributed by atoms with van der Waals surface area (Å²) in [4.78, 5) is 16.1. The van der Waals surface area contributed by atoms with Crippen molar-refractivity contribution in [1.82, 2.24) is 10.3 Å². The summed E-state index contributed by atoms with van der Waals surface area (Å²) < 4.78 is 5.21. The summed E-state index contributed by atoms with van der Waals surface area (Å²) in [6, 6.07) is 1.71. The number of pyridine rings is 1. The second kappa shape index (κ2) is 6.12. The van der Waals surface area contributed by atoms with Gasteiger partial charge in [0.2, 0.25) is 0 Å². The molecule has 19 heavy (non-hydrogen) atoms. The van der Waals surface area contributed by atoms with Crippen molar-refractivity contribution in [3.63, 3.8) is 0 Å². The van der Waals surface area contributed by atoms with Crippen LogP contribution in [0.1, 0.15) is 35.7 Å². The van der Waals surface area contributed by atoms with Crippen molar-refractivity contribution in [2.75, 3.05) is 19.8 Å². The van der Waals surface area contributed by atoms with Crippen LogP contribution in [0.2, 0.25) is 0 Å². The highest BCUT2D eigenvalue weighted by Crippen LogP contribution is 2.19.